The average molecular weight is 290 g/mol. The van der Waals surface area contributed by atoms with E-state index in [1.807, 2.05) is 0 Å². The van der Waals surface area contributed by atoms with Gasteiger partial charge >= 0.3 is 0 Å². The van der Waals surface area contributed by atoms with Crippen LogP contribution in [0.25, 0.3) is 22.3 Å². The second-order valence-electron chi connectivity index (χ2n) is 5.51. The van der Waals surface area contributed by atoms with E-state index in [1.165, 1.54) is 38.7 Å². The van der Waals surface area contributed by atoms with E-state index in [2.05, 4.69) is 89.8 Å². The Kier molecular flexibility index (Phi) is 3.90. The fraction of sp³-hybridized carbons (Fsp3) is 0.100. The molecule has 0 saturated heterocycles. The van der Waals surface area contributed by atoms with Crippen LogP contribution in [-0.2, 0) is 0 Å². The van der Waals surface area contributed by atoms with Crippen LogP contribution in [0.5, 0.6) is 0 Å². The molecule has 0 aromatic heterocycles. The van der Waals surface area contributed by atoms with Crippen molar-refractivity contribution in [2.24, 2.45) is 0 Å². The molecule has 1 atom stereocenters. The highest BCUT2D eigenvalue weighted by Crippen LogP contribution is 2.25. The van der Waals surface area contributed by atoms with Gasteiger partial charge in [-0.2, -0.15) is 0 Å². The summed E-state index contributed by atoms with van der Waals surface area (Å²) in [5.41, 5.74) is 7.67. The quantitative estimate of drug-likeness (QED) is 0.573. The summed E-state index contributed by atoms with van der Waals surface area (Å²) in [6.07, 6.45) is 0. The van der Waals surface area contributed by atoms with Gasteiger partial charge in [0.25, 0.3) is 0 Å². The van der Waals surface area contributed by atoms with Gasteiger partial charge in [-0.15, -0.1) is 9.24 Å². The smallest absolute Gasteiger partial charge is 0.0181 e. The predicted molar refractivity (Wildman–Crippen MR) is 96.1 cm³/mol. The fourth-order valence-corrected chi connectivity index (χ4v) is 2.64. The first-order valence-electron chi connectivity index (χ1n) is 7.17. The van der Waals surface area contributed by atoms with Gasteiger partial charge in [0.2, 0.25) is 0 Å². The van der Waals surface area contributed by atoms with Crippen LogP contribution in [0.4, 0.5) is 0 Å². The van der Waals surface area contributed by atoms with Gasteiger partial charge in [0.1, 0.15) is 0 Å². The maximum Gasteiger partial charge on any atom is -0.0181 e. The molecular weight excluding hydrogens is 271 g/mol. The summed E-state index contributed by atoms with van der Waals surface area (Å²) in [4.78, 5) is 0. The van der Waals surface area contributed by atoms with Crippen molar-refractivity contribution in [1.82, 2.24) is 0 Å². The van der Waals surface area contributed by atoms with E-state index < -0.39 is 0 Å². The van der Waals surface area contributed by atoms with E-state index in [1.54, 1.807) is 0 Å². The van der Waals surface area contributed by atoms with E-state index in [0.717, 1.165) is 0 Å². The van der Waals surface area contributed by atoms with Gasteiger partial charge in [-0.05, 0) is 47.0 Å². The predicted octanol–water partition coefficient (Wildman–Crippen LogP) is 5.14. The molecule has 0 N–H and O–H groups in total. The SMILES string of the molecule is Cc1ccc(-c2ccc(-c3ccc(P)c(C)c3)cc2)cc1. The largest absolute Gasteiger partial charge is 0.105 e. The number of hydrogen-bond acceptors (Lipinski definition) is 0. The molecule has 0 aliphatic heterocycles. The Morgan fingerprint density at radius 3 is 1.52 bits per heavy atom. The summed E-state index contributed by atoms with van der Waals surface area (Å²) >= 11 is 0. The van der Waals surface area contributed by atoms with Crippen molar-refractivity contribution in [1.29, 1.82) is 0 Å². The summed E-state index contributed by atoms with van der Waals surface area (Å²) in [6, 6.07) is 24.0. The van der Waals surface area contributed by atoms with Gasteiger partial charge < -0.3 is 0 Å². The standard InChI is InChI=1S/C20H19P/c1-14-3-5-16(6-4-14)17-7-9-18(10-8-17)19-11-12-20(21)15(2)13-19/h3-13H,21H2,1-2H3. The van der Waals surface area contributed by atoms with Crippen LogP contribution in [0, 0.1) is 13.8 Å². The highest BCUT2D eigenvalue weighted by molar-refractivity contribution is 7.27. The molecule has 0 amide bonds. The molecule has 0 radical (unpaired) electrons. The van der Waals surface area contributed by atoms with Crippen molar-refractivity contribution in [3.05, 3.63) is 77.9 Å². The molecule has 0 fully saturated rings. The zero-order chi connectivity index (χ0) is 14.8. The Balaban J connectivity index is 1.93. The van der Waals surface area contributed by atoms with Gasteiger partial charge in [0.15, 0.2) is 0 Å². The number of rotatable bonds is 2. The zero-order valence-corrected chi connectivity index (χ0v) is 13.6. The van der Waals surface area contributed by atoms with Crippen LogP contribution in [0.15, 0.2) is 66.7 Å². The van der Waals surface area contributed by atoms with Gasteiger partial charge in [0, 0.05) is 0 Å². The average Bonchev–Trinajstić information content (AvgIpc) is 2.51. The maximum atomic E-state index is 2.77. The van der Waals surface area contributed by atoms with Crippen LogP contribution in [0.2, 0.25) is 0 Å². The molecule has 3 aromatic carbocycles. The number of hydrogen-bond donors (Lipinski definition) is 0. The van der Waals surface area contributed by atoms with Crippen LogP contribution in [0.1, 0.15) is 11.1 Å². The minimum absolute atomic E-state index is 1.26. The normalized spacial score (nSPS) is 10.6. The molecule has 3 rings (SSSR count). The van der Waals surface area contributed by atoms with Crippen molar-refractivity contribution in [2.45, 2.75) is 13.8 Å². The Hall–Kier alpha value is -1.91. The van der Waals surface area contributed by atoms with Crippen molar-refractivity contribution in [2.75, 3.05) is 0 Å². The molecule has 0 heterocycles. The lowest BCUT2D eigenvalue weighted by molar-refractivity contribution is 1.47. The Labute approximate surface area is 129 Å². The molecule has 0 nitrogen and oxygen atoms in total. The molecule has 0 spiro atoms. The van der Waals surface area contributed by atoms with Crippen molar-refractivity contribution >= 4 is 14.5 Å². The molecule has 104 valence electrons. The van der Waals surface area contributed by atoms with Gasteiger partial charge in [-0.1, -0.05) is 72.3 Å². The van der Waals surface area contributed by atoms with Crippen molar-refractivity contribution in [3.63, 3.8) is 0 Å². The van der Waals surface area contributed by atoms with Gasteiger partial charge in [-0.3, -0.25) is 0 Å². The summed E-state index contributed by atoms with van der Waals surface area (Å²) in [6.45, 7) is 4.26. The van der Waals surface area contributed by atoms with Crippen molar-refractivity contribution < 1.29 is 0 Å². The molecular formula is C20H19P. The van der Waals surface area contributed by atoms with E-state index in [9.17, 15) is 0 Å². The van der Waals surface area contributed by atoms with E-state index >= 15 is 0 Å². The summed E-state index contributed by atoms with van der Waals surface area (Å²) in [5, 5.41) is 1.26. The van der Waals surface area contributed by atoms with E-state index in [4.69, 9.17) is 0 Å². The highest BCUT2D eigenvalue weighted by Gasteiger charge is 2.02. The van der Waals surface area contributed by atoms with Crippen LogP contribution >= 0.6 is 9.24 Å². The first kappa shape index (κ1) is 14.0. The molecule has 0 aliphatic rings. The van der Waals surface area contributed by atoms with Crippen LogP contribution < -0.4 is 5.30 Å². The van der Waals surface area contributed by atoms with Gasteiger partial charge in [0.05, 0.1) is 0 Å². The molecule has 1 heteroatoms. The zero-order valence-electron chi connectivity index (χ0n) is 12.4. The minimum Gasteiger partial charge on any atom is -0.105 e. The maximum absolute atomic E-state index is 2.77. The second-order valence-corrected chi connectivity index (χ2v) is 6.14. The van der Waals surface area contributed by atoms with Gasteiger partial charge in [-0.25, -0.2) is 0 Å². The monoisotopic (exact) mass is 290 g/mol. The highest BCUT2D eigenvalue weighted by atomic mass is 31.0. The molecule has 3 aromatic rings. The van der Waals surface area contributed by atoms with Crippen LogP contribution in [-0.4, -0.2) is 0 Å². The van der Waals surface area contributed by atoms with Crippen molar-refractivity contribution in [3.8, 4) is 22.3 Å². The third-order valence-electron chi connectivity index (χ3n) is 3.87. The second kappa shape index (κ2) is 5.84. The third kappa shape index (κ3) is 3.06. The third-order valence-corrected chi connectivity index (χ3v) is 4.52. The van der Waals surface area contributed by atoms with E-state index in [-0.39, 0.29) is 0 Å². The molecule has 0 bridgehead atoms. The molecule has 0 saturated carbocycles. The minimum atomic E-state index is 1.26. The lowest BCUT2D eigenvalue weighted by atomic mass is 9.99. The topological polar surface area (TPSA) is 0 Å². The lowest BCUT2D eigenvalue weighted by Crippen LogP contribution is -1.95. The Morgan fingerprint density at radius 1 is 0.571 bits per heavy atom. The first-order chi connectivity index (χ1) is 10.1. The first-order valence-corrected chi connectivity index (χ1v) is 7.75. The Morgan fingerprint density at radius 2 is 1.00 bits per heavy atom. The van der Waals surface area contributed by atoms with E-state index in [0.29, 0.717) is 0 Å². The molecule has 21 heavy (non-hydrogen) atoms. The molecule has 0 aliphatic carbocycles. The summed E-state index contributed by atoms with van der Waals surface area (Å²) < 4.78 is 0. The Bertz CT molecular complexity index is 753. The summed E-state index contributed by atoms with van der Waals surface area (Å²) in [5.74, 6) is 0. The number of aryl methyl sites for hydroxylation is 2. The molecule has 1 unspecified atom stereocenters. The number of benzene rings is 3. The summed E-state index contributed by atoms with van der Waals surface area (Å²) in [7, 11) is 2.77. The lowest BCUT2D eigenvalue weighted by Gasteiger charge is -2.07. The fourth-order valence-electron chi connectivity index (χ4n) is 2.46. The van der Waals surface area contributed by atoms with Crippen LogP contribution in [0.3, 0.4) is 0 Å².